The number of imidazole rings is 1. The molecule has 170 valence electrons. The summed E-state index contributed by atoms with van der Waals surface area (Å²) in [7, 11) is 0. The quantitative estimate of drug-likeness (QED) is 0.271. The van der Waals surface area contributed by atoms with Crippen molar-refractivity contribution in [3.05, 3.63) is 95.6 Å². The molecule has 0 aliphatic carbocycles. The van der Waals surface area contributed by atoms with Gasteiger partial charge in [-0.3, -0.25) is 0 Å². The minimum atomic E-state index is 0.00198. The third-order valence-electron chi connectivity index (χ3n) is 5.33. The fourth-order valence-electron chi connectivity index (χ4n) is 3.71. The highest BCUT2D eigenvalue weighted by atomic mass is 35.5. The van der Waals surface area contributed by atoms with Gasteiger partial charge in [-0.15, -0.1) is 0 Å². The van der Waals surface area contributed by atoms with Gasteiger partial charge in [-0.2, -0.15) is 0 Å². The van der Waals surface area contributed by atoms with Crippen molar-refractivity contribution >= 4 is 22.8 Å². The lowest BCUT2D eigenvalue weighted by Gasteiger charge is -2.15. The minimum absolute atomic E-state index is 0.00198. The number of H-pyrrole nitrogens is 1. The number of nitrogens with zero attached hydrogens (tertiary/aromatic N) is 2. The van der Waals surface area contributed by atoms with Crippen LogP contribution in [0.4, 0.5) is 0 Å². The molecular weight excluding hydrogens is 446 g/mol. The largest absolute Gasteiger partial charge is 0.490 e. The highest BCUT2D eigenvalue weighted by Gasteiger charge is 2.15. The van der Waals surface area contributed by atoms with E-state index in [2.05, 4.69) is 9.97 Å². The second-order valence-corrected chi connectivity index (χ2v) is 8.72. The molecule has 0 atom stereocenters. The average molecular weight is 470 g/mol. The lowest BCUT2D eigenvalue weighted by atomic mass is 10.1. The van der Waals surface area contributed by atoms with Gasteiger partial charge in [0, 0.05) is 22.8 Å². The Balaban J connectivity index is 1.46. The fraction of sp³-hybridized carbons (Fsp3) is 0.143. The topological polar surface area (TPSA) is 60.0 Å². The van der Waals surface area contributed by atoms with Crippen molar-refractivity contribution in [1.82, 2.24) is 15.0 Å². The number of hydrogen-bond acceptors (Lipinski definition) is 4. The fourth-order valence-corrected chi connectivity index (χ4v) is 3.83. The zero-order valence-electron chi connectivity index (χ0n) is 19.0. The van der Waals surface area contributed by atoms with Gasteiger partial charge in [-0.05, 0) is 55.3 Å². The highest BCUT2D eigenvalue weighted by Crippen LogP contribution is 2.34. The van der Waals surface area contributed by atoms with Crippen LogP contribution in [-0.4, -0.2) is 21.1 Å². The molecule has 0 saturated carbocycles. The summed E-state index contributed by atoms with van der Waals surface area (Å²) in [5.74, 6) is 2.14. The minimum Gasteiger partial charge on any atom is -0.490 e. The van der Waals surface area contributed by atoms with Gasteiger partial charge in [0.2, 0.25) is 0 Å². The maximum atomic E-state index is 6.12. The SMILES string of the molecule is CC(C)Oc1cc(OCc2ccccc2)ccc1-c1nc2ncc(-c3ccc(Cl)cc3)cc2[nH]1. The van der Waals surface area contributed by atoms with Crippen molar-refractivity contribution < 1.29 is 9.47 Å². The first-order valence-electron chi connectivity index (χ1n) is 11.1. The van der Waals surface area contributed by atoms with E-state index in [1.165, 1.54) is 0 Å². The molecule has 6 heteroatoms. The van der Waals surface area contributed by atoms with Gasteiger partial charge in [-0.1, -0.05) is 54.1 Å². The standard InChI is InChI=1S/C28H24ClN3O2/c1-18(2)34-26-15-23(33-17-19-6-4-3-5-7-19)12-13-24(26)27-31-25-14-21(16-30-28(25)32-27)20-8-10-22(29)11-9-20/h3-16,18H,17H2,1-2H3,(H,30,31,32). The Morgan fingerprint density at radius 1 is 0.912 bits per heavy atom. The molecule has 0 amide bonds. The molecule has 34 heavy (non-hydrogen) atoms. The Kier molecular flexibility index (Phi) is 6.19. The van der Waals surface area contributed by atoms with Crippen LogP contribution in [0.3, 0.4) is 0 Å². The molecular formula is C28H24ClN3O2. The van der Waals surface area contributed by atoms with Gasteiger partial charge in [0.05, 0.1) is 17.2 Å². The molecule has 0 spiro atoms. The predicted molar refractivity (Wildman–Crippen MR) is 136 cm³/mol. The number of pyridine rings is 1. The monoisotopic (exact) mass is 469 g/mol. The van der Waals surface area contributed by atoms with Crippen LogP contribution in [0, 0.1) is 0 Å². The lowest BCUT2D eigenvalue weighted by Crippen LogP contribution is -2.07. The summed E-state index contributed by atoms with van der Waals surface area (Å²) in [6.07, 6.45) is 1.82. The normalized spacial score (nSPS) is 11.2. The maximum absolute atomic E-state index is 6.12. The van der Waals surface area contributed by atoms with E-state index < -0.39 is 0 Å². The summed E-state index contributed by atoms with van der Waals surface area (Å²) < 4.78 is 12.1. The van der Waals surface area contributed by atoms with Crippen LogP contribution in [-0.2, 0) is 6.61 Å². The first-order chi connectivity index (χ1) is 16.5. The van der Waals surface area contributed by atoms with Crippen molar-refractivity contribution in [2.75, 3.05) is 0 Å². The zero-order chi connectivity index (χ0) is 23.5. The lowest BCUT2D eigenvalue weighted by molar-refractivity contribution is 0.240. The van der Waals surface area contributed by atoms with Gasteiger partial charge in [0.25, 0.3) is 0 Å². The number of aromatic nitrogens is 3. The molecule has 5 rings (SSSR count). The highest BCUT2D eigenvalue weighted by molar-refractivity contribution is 6.30. The summed E-state index contributed by atoms with van der Waals surface area (Å²) in [5.41, 5.74) is 5.49. The number of benzene rings is 3. The number of aromatic amines is 1. The average Bonchev–Trinajstić information content (AvgIpc) is 3.27. The predicted octanol–water partition coefficient (Wildman–Crippen LogP) is 7.31. The molecule has 0 saturated heterocycles. The van der Waals surface area contributed by atoms with Gasteiger partial charge in [0.15, 0.2) is 5.65 Å². The van der Waals surface area contributed by atoms with Crippen molar-refractivity contribution in [3.8, 4) is 34.0 Å². The molecule has 0 unspecified atom stereocenters. The van der Waals surface area contributed by atoms with Crippen LogP contribution in [0.2, 0.25) is 5.02 Å². The molecule has 2 heterocycles. The molecule has 5 nitrogen and oxygen atoms in total. The molecule has 0 aliphatic heterocycles. The van der Waals surface area contributed by atoms with E-state index >= 15 is 0 Å². The van der Waals surface area contributed by atoms with Gasteiger partial charge < -0.3 is 14.5 Å². The zero-order valence-corrected chi connectivity index (χ0v) is 19.7. The molecule has 3 aromatic carbocycles. The van der Waals surface area contributed by atoms with E-state index in [4.69, 9.17) is 26.1 Å². The van der Waals surface area contributed by atoms with E-state index in [9.17, 15) is 0 Å². The van der Waals surface area contributed by atoms with E-state index in [-0.39, 0.29) is 6.10 Å². The van der Waals surface area contributed by atoms with Gasteiger partial charge in [-0.25, -0.2) is 9.97 Å². The smallest absolute Gasteiger partial charge is 0.178 e. The third kappa shape index (κ3) is 4.90. The second-order valence-electron chi connectivity index (χ2n) is 8.29. The molecule has 0 aliphatic rings. The Morgan fingerprint density at radius 3 is 2.47 bits per heavy atom. The Hall–Kier alpha value is -3.83. The first-order valence-corrected chi connectivity index (χ1v) is 11.5. The molecule has 2 aromatic heterocycles. The molecule has 0 bridgehead atoms. The second kappa shape index (κ2) is 9.57. The summed E-state index contributed by atoms with van der Waals surface area (Å²) in [4.78, 5) is 12.7. The van der Waals surface area contributed by atoms with E-state index in [1.54, 1.807) is 0 Å². The number of ether oxygens (including phenoxy) is 2. The van der Waals surface area contributed by atoms with Crippen LogP contribution in [0.1, 0.15) is 19.4 Å². The Morgan fingerprint density at radius 2 is 1.71 bits per heavy atom. The first kappa shape index (κ1) is 22.0. The van der Waals surface area contributed by atoms with Gasteiger partial charge >= 0.3 is 0 Å². The van der Waals surface area contributed by atoms with E-state index in [1.807, 2.05) is 98.9 Å². The molecule has 0 fully saturated rings. The molecule has 5 aromatic rings. The number of halogens is 1. The van der Waals surface area contributed by atoms with Crippen LogP contribution in [0.25, 0.3) is 33.7 Å². The summed E-state index contributed by atoms with van der Waals surface area (Å²) in [6, 6.07) is 25.6. The summed E-state index contributed by atoms with van der Waals surface area (Å²) >= 11 is 6.03. The van der Waals surface area contributed by atoms with Crippen LogP contribution >= 0.6 is 11.6 Å². The maximum Gasteiger partial charge on any atom is 0.178 e. The number of fused-ring (bicyclic) bond motifs is 1. The Bertz CT molecular complexity index is 1410. The van der Waals surface area contributed by atoms with Crippen LogP contribution in [0.5, 0.6) is 11.5 Å². The van der Waals surface area contributed by atoms with Crippen molar-refractivity contribution in [3.63, 3.8) is 0 Å². The van der Waals surface area contributed by atoms with E-state index in [0.29, 0.717) is 28.9 Å². The number of hydrogen-bond donors (Lipinski definition) is 1. The van der Waals surface area contributed by atoms with E-state index in [0.717, 1.165) is 33.5 Å². The van der Waals surface area contributed by atoms with Gasteiger partial charge in [0.1, 0.15) is 23.9 Å². The van der Waals surface area contributed by atoms with Crippen LogP contribution in [0.15, 0.2) is 85.1 Å². The summed E-state index contributed by atoms with van der Waals surface area (Å²) in [6.45, 7) is 4.49. The van der Waals surface area contributed by atoms with Crippen molar-refractivity contribution in [2.45, 2.75) is 26.6 Å². The Labute approximate surface area is 203 Å². The molecule has 1 N–H and O–H groups in total. The van der Waals surface area contributed by atoms with Crippen LogP contribution < -0.4 is 9.47 Å². The van der Waals surface area contributed by atoms with Crippen molar-refractivity contribution in [2.24, 2.45) is 0 Å². The third-order valence-corrected chi connectivity index (χ3v) is 5.59. The molecule has 0 radical (unpaired) electrons. The van der Waals surface area contributed by atoms with Crippen molar-refractivity contribution in [1.29, 1.82) is 0 Å². The number of rotatable bonds is 7. The number of nitrogens with one attached hydrogen (secondary N) is 1. The summed E-state index contributed by atoms with van der Waals surface area (Å²) in [5, 5.41) is 0.704.